The lowest BCUT2D eigenvalue weighted by Crippen LogP contribution is -2.44. The molecule has 30 heavy (non-hydrogen) atoms. The second kappa shape index (κ2) is 9.73. The SMILES string of the molecule is Cc1ccc(S(=O)(=O)N2CCC(C(=O)NC[C@H](c3ccccc3)N(C)C)CC2)cc1. The van der Waals surface area contributed by atoms with E-state index < -0.39 is 10.0 Å². The van der Waals surface area contributed by atoms with E-state index in [1.807, 2.05) is 39.2 Å². The van der Waals surface area contributed by atoms with E-state index in [2.05, 4.69) is 22.3 Å². The summed E-state index contributed by atoms with van der Waals surface area (Å²) >= 11 is 0. The molecule has 1 atom stereocenters. The molecule has 0 saturated carbocycles. The Balaban J connectivity index is 1.55. The van der Waals surface area contributed by atoms with Crippen LogP contribution in [-0.4, -0.2) is 57.3 Å². The van der Waals surface area contributed by atoms with E-state index in [0.29, 0.717) is 37.4 Å². The van der Waals surface area contributed by atoms with Gasteiger partial charge in [0.25, 0.3) is 0 Å². The Morgan fingerprint density at radius 1 is 1.07 bits per heavy atom. The number of amides is 1. The second-order valence-corrected chi connectivity index (χ2v) is 10.1. The van der Waals surface area contributed by atoms with E-state index in [-0.39, 0.29) is 17.9 Å². The number of hydrogen-bond donors (Lipinski definition) is 1. The Bertz CT molecular complexity index is 935. The Morgan fingerprint density at radius 3 is 2.23 bits per heavy atom. The molecule has 6 nitrogen and oxygen atoms in total. The van der Waals surface area contributed by atoms with Gasteiger partial charge >= 0.3 is 0 Å². The van der Waals surface area contributed by atoms with Crippen molar-refractivity contribution in [1.29, 1.82) is 0 Å². The molecular weight excluding hydrogens is 398 g/mol. The van der Waals surface area contributed by atoms with E-state index in [0.717, 1.165) is 11.1 Å². The van der Waals surface area contributed by atoms with E-state index in [1.54, 1.807) is 24.3 Å². The van der Waals surface area contributed by atoms with Crippen molar-refractivity contribution in [3.8, 4) is 0 Å². The highest BCUT2D eigenvalue weighted by Crippen LogP contribution is 2.24. The Morgan fingerprint density at radius 2 is 1.67 bits per heavy atom. The quantitative estimate of drug-likeness (QED) is 0.735. The van der Waals surface area contributed by atoms with E-state index in [9.17, 15) is 13.2 Å². The second-order valence-electron chi connectivity index (χ2n) is 8.13. The Kier molecular flexibility index (Phi) is 7.28. The van der Waals surface area contributed by atoms with Gasteiger partial charge in [-0.05, 0) is 51.6 Å². The average Bonchev–Trinajstić information content (AvgIpc) is 2.74. The molecule has 1 aliphatic heterocycles. The monoisotopic (exact) mass is 429 g/mol. The normalized spacial score (nSPS) is 17.1. The van der Waals surface area contributed by atoms with Crippen LogP contribution in [0.4, 0.5) is 0 Å². The molecule has 1 N–H and O–H groups in total. The molecule has 162 valence electrons. The van der Waals surface area contributed by atoms with Crippen LogP contribution in [-0.2, 0) is 14.8 Å². The van der Waals surface area contributed by atoms with Crippen molar-refractivity contribution < 1.29 is 13.2 Å². The van der Waals surface area contributed by atoms with Gasteiger partial charge in [0.1, 0.15) is 0 Å². The maximum atomic E-state index is 12.8. The van der Waals surface area contributed by atoms with Gasteiger partial charge in [-0.15, -0.1) is 0 Å². The van der Waals surface area contributed by atoms with Crippen LogP contribution in [0.3, 0.4) is 0 Å². The molecule has 0 aromatic heterocycles. The van der Waals surface area contributed by atoms with Crippen molar-refractivity contribution in [3.05, 3.63) is 65.7 Å². The van der Waals surface area contributed by atoms with E-state index >= 15 is 0 Å². The number of sulfonamides is 1. The molecule has 1 heterocycles. The Hall–Kier alpha value is -2.22. The summed E-state index contributed by atoms with van der Waals surface area (Å²) < 4.78 is 27.2. The highest BCUT2D eigenvalue weighted by atomic mass is 32.2. The van der Waals surface area contributed by atoms with Gasteiger partial charge in [-0.25, -0.2) is 8.42 Å². The third kappa shape index (κ3) is 5.28. The van der Waals surface area contributed by atoms with Crippen LogP contribution in [0, 0.1) is 12.8 Å². The number of hydrogen-bond acceptors (Lipinski definition) is 4. The van der Waals surface area contributed by atoms with Crippen LogP contribution in [0.2, 0.25) is 0 Å². The van der Waals surface area contributed by atoms with Crippen molar-refractivity contribution in [2.45, 2.75) is 30.7 Å². The lowest BCUT2D eigenvalue weighted by atomic mass is 9.97. The van der Waals surface area contributed by atoms with Crippen LogP contribution < -0.4 is 5.32 Å². The fourth-order valence-corrected chi connectivity index (χ4v) is 5.30. The number of carbonyl (C=O) groups excluding carboxylic acids is 1. The molecule has 1 amide bonds. The summed E-state index contributed by atoms with van der Waals surface area (Å²) in [7, 11) is 0.491. The minimum atomic E-state index is -3.51. The first-order chi connectivity index (χ1) is 14.3. The van der Waals surface area contributed by atoms with Crippen molar-refractivity contribution in [3.63, 3.8) is 0 Å². The molecule has 1 aliphatic rings. The molecule has 0 spiro atoms. The predicted octanol–water partition coefficient (Wildman–Crippen LogP) is 2.81. The summed E-state index contributed by atoms with van der Waals surface area (Å²) in [6, 6.07) is 17.1. The number of likely N-dealkylation sites (N-methyl/N-ethyl adjacent to an activating group) is 1. The number of benzene rings is 2. The average molecular weight is 430 g/mol. The van der Waals surface area contributed by atoms with Gasteiger partial charge in [-0.1, -0.05) is 48.0 Å². The molecule has 1 fully saturated rings. The lowest BCUT2D eigenvalue weighted by molar-refractivity contribution is -0.126. The summed E-state index contributed by atoms with van der Waals surface area (Å²) in [6.07, 6.45) is 1.07. The van der Waals surface area contributed by atoms with Crippen molar-refractivity contribution in [2.75, 3.05) is 33.7 Å². The van der Waals surface area contributed by atoms with E-state index in [1.165, 1.54) is 4.31 Å². The number of nitrogens with one attached hydrogen (secondary N) is 1. The largest absolute Gasteiger partial charge is 0.354 e. The standard InChI is InChI=1S/C23H31N3O3S/c1-18-9-11-21(12-10-18)30(28,29)26-15-13-20(14-16-26)23(27)24-17-22(25(2)3)19-7-5-4-6-8-19/h4-12,20,22H,13-17H2,1-3H3,(H,24,27)/t22-/m1/s1. The van der Waals surface area contributed by atoms with E-state index in [4.69, 9.17) is 0 Å². The van der Waals surface area contributed by atoms with Gasteiger partial charge in [-0.3, -0.25) is 4.79 Å². The molecule has 7 heteroatoms. The summed E-state index contributed by atoms with van der Waals surface area (Å²) in [4.78, 5) is 15.1. The molecule has 0 radical (unpaired) electrons. The number of nitrogens with zero attached hydrogens (tertiary/aromatic N) is 2. The minimum Gasteiger partial charge on any atom is -0.354 e. The number of aryl methyl sites for hydroxylation is 1. The van der Waals surface area contributed by atoms with Gasteiger partial charge in [0.15, 0.2) is 0 Å². The molecule has 3 rings (SSSR count). The van der Waals surface area contributed by atoms with Crippen molar-refractivity contribution >= 4 is 15.9 Å². The van der Waals surface area contributed by atoms with Crippen LogP contribution in [0.5, 0.6) is 0 Å². The highest BCUT2D eigenvalue weighted by molar-refractivity contribution is 7.89. The third-order valence-electron chi connectivity index (χ3n) is 5.76. The predicted molar refractivity (Wildman–Crippen MR) is 119 cm³/mol. The fraction of sp³-hybridized carbons (Fsp3) is 0.435. The van der Waals surface area contributed by atoms with Crippen molar-refractivity contribution in [1.82, 2.24) is 14.5 Å². The molecule has 0 bridgehead atoms. The third-order valence-corrected chi connectivity index (χ3v) is 7.67. The zero-order valence-corrected chi connectivity index (χ0v) is 18.7. The lowest BCUT2D eigenvalue weighted by Gasteiger charge is -2.31. The van der Waals surface area contributed by atoms with Crippen molar-refractivity contribution in [2.24, 2.45) is 5.92 Å². The zero-order valence-electron chi connectivity index (χ0n) is 17.9. The molecule has 0 unspecified atom stereocenters. The minimum absolute atomic E-state index is 0.00478. The van der Waals surface area contributed by atoms with Gasteiger partial charge in [0.05, 0.1) is 10.9 Å². The molecule has 1 saturated heterocycles. The van der Waals surface area contributed by atoms with Crippen LogP contribution in [0.25, 0.3) is 0 Å². The van der Waals surface area contributed by atoms with Crippen LogP contribution in [0.15, 0.2) is 59.5 Å². The zero-order chi connectivity index (χ0) is 21.7. The maximum Gasteiger partial charge on any atom is 0.243 e. The number of rotatable bonds is 7. The number of piperidine rings is 1. The first-order valence-electron chi connectivity index (χ1n) is 10.3. The Labute approximate surface area is 179 Å². The smallest absolute Gasteiger partial charge is 0.243 e. The highest BCUT2D eigenvalue weighted by Gasteiger charge is 2.32. The summed E-state index contributed by atoms with van der Waals surface area (Å²) in [5.41, 5.74) is 2.18. The van der Waals surface area contributed by atoms with Gasteiger partial charge in [0, 0.05) is 25.6 Å². The van der Waals surface area contributed by atoms with Gasteiger partial charge in [-0.2, -0.15) is 4.31 Å². The first-order valence-corrected chi connectivity index (χ1v) is 11.8. The topological polar surface area (TPSA) is 69.7 Å². The molecule has 2 aromatic carbocycles. The number of carbonyl (C=O) groups is 1. The fourth-order valence-electron chi connectivity index (χ4n) is 3.83. The first kappa shape index (κ1) is 22.5. The van der Waals surface area contributed by atoms with Gasteiger partial charge in [0.2, 0.25) is 15.9 Å². The molecule has 2 aromatic rings. The van der Waals surface area contributed by atoms with Crippen LogP contribution in [0.1, 0.15) is 30.0 Å². The molecular formula is C23H31N3O3S. The van der Waals surface area contributed by atoms with Gasteiger partial charge < -0.3 is 10.2 Å². The maximum absolute atomic E-state index is 12.8. The summed E-state index contributed by atoms with van der Waals surface area (Å²) in [5, 5.41) is 3.08. The molecule has 0 aliphatic carbocycles. The summed E-state index contributed by atoms with van der Waals surface area (Å²) in [5.74, 6) is -0.154. The summed E-state index contributed by atoms with van der Waals surface area (Å²) in [6.45, 7) is 3.19. The van der Waals surface area contributed by atoms with Crippen LogP contribution >= 0.6 is 0 Å².